The molecule has 1 aromatic carbocycles. The summed E-state index contributed by atoms with van der Waals surface area (Å²) in [7, 11) is 0. The standard InChI is InChI=1S/C14H15NO3/c1-14(2,9-16)7-8-15-12(17)10-5-3-4-6-11(10)13(15)18/h3-6,9H,7-8H2,1-2H3. The third-order valence-corrected chi connectivity index (χ3v) is 3.18. The zero-order valence-corrected chi connectivity index (χ0v) is 10.5. The maximum atomic E-state index is 12.0. The number of hydrogen-bond donors (Lipinski definition) is 0. The Kier molecular flexibility index (Phi) is 3.03. The Morgan fingerprint density at radius 3 is 2.06 bits per heavy atom. The summed E-state index contributed by atoms with van der Waals surface area (Å²) in [5.74, 6) is -0.533. The van der Waals surface area contributed by atoms with Gasteiger partial charge >= 0.3 is 0 Å². The molecule has 1 heterocycles. The molecule has 0 fully saturated rings. The number of nitrogens with zero attached hydrogens (tertiary/aromatic N) is 1. The van der Waals surface area contributed by atoms with Crippen molar-refractivity contribution >= 4 is 18.1 Å². The Morgan fingerprint density at radius 2 is 1.61 bits per heavy atom. The van der Waals surface area contributed by atoms with Crippen LogP contribution in [0.4, 0.5) is 0 Å². The third-order valence-electron chi connectivity index (χ3n) is 3.18. The molecule has 0 saturated carbocycles. The van der Waals surface area contributed by atoms with Crippen LogP contribution in [-0.4, -0.2) is 29.5 Å². The van der Waals surface area contributed by atoms with Crippen molar-refractivity contribution in [1.82, 2.24) is 4.90 Å². The van der Waals surface area contributed by atoms with Gasteiger partial charge in [-0.2, -0.15) is 0 Å². The summed E-state index contributed by atoms with van der Waals surface area (Å²) < 4.78 is 0. The van der Waals surface area contributed by atoms with Gasteiger partial charge in [0, 0.05) is 12.0 Å². The minimum Gasteiger partial charge on any atom is -0.303 e. The first-order valence-electron chi connectivity index (χ1n) is 5.88. The van der Waals surface area contributed by atoms with E-state index in [4.69, 9.17) is 0 Å². The van der Waals surface area contributed by atoms with E-state index in [0.29, 0.717) is 17.5 Å². The first-order valence-corrected chi connectivity index (χ1v) is 5.88. The molecule has 2 rings (SSSR count). The fourth-order valence-corrected chi connectivity index (χ4v) is 1.90. The Balaban J connectivity index is 2.17. The van der Waals surface area contributed by atoms with E-state index in [2.05, 4.69) is 0 Å². The summed E-state index contributed by atoms with van der Waals surface area (Å²) in [4.78, 5) is 36.1. The summed E-state index contributed by atoms with van der Waals surface area (Å²) in [6.07, 6.45) is 1.33. The number of benzene rings is 1. The van der Waals surface area contributed by atoms with E-state index in [1.54, 1.807) is 38.1 Å². The monoisotopic (exact) mass is 245 g/mol. The highest BCUT2D eigenvalue weighted by atomic mass is 16.2. The van der Waals surface area contributed by atoms with Crippen LogP contribution in [0.15, 0.2) is 24.3 Å². The fourth-order valence-electron chi connectivity index (χ4n) is 1.90. The molecule has 1 aliphatic heterocycles. The van der Waals surface area contributed by atoms with Gasteiger partial charge in [-0.3, -0.25) is 14.5 Å². The van der Waals surface area contributed by atoms with Crippen molar-refractivity contribution in [3.05, 3.63) is 35.4 Å². The second-order valence-electron chi connectivity index (χ2n) is 5.16. The van der Waals surface area contributed by atoms with Crippen LogP contribution in [0.5, 0.6) is 0 Å². The first-order chi connectivity index (χ1) is 8.46. The molecule has 0 atom stereocenters. The molecule has 18 heavy (non-hydrogen) atoms. The van der Waals surface area contributed by atoms with Gasteiger partial charge in [0.2, 0.25) is 0 Å². The Hall–Kier alpha value is -1.97. The Bertz CT molecular complexity index is 485. The van der Waals surface area contributed by atoms with E-state index in [1.165, 1.54) is 4.90 Å². The summed E-state index contributed by atoms with van der Waals surface area (Å²) in [5, 5.41) is 0. The van der Waals surface area contributed by atoms with Crippen molar-refractivity contribution in [2.75, 3.05) is 6.54 Å². The molecule has 0 aromatic heterocycles. The van der Waals surface area contributed by atoms with Gasteiger partial charge in [0.1, 0.15) is 6.29 Å². The van der Waals surface area contributed by atoms with Gasteiger partial charge in [-0.15, -0.1) is 0 Å². The predicted octanol–water partition coefficient (Wildman–Crippen LogP) is 1.90. The number of fused-ring (bicyclic) bond motifs is 1. The molecule has 0 unspecified atom stereocenters. The summed E-state index contributed by atoms with van der Waals surface area (Å²) in [6.45, 7) is 3.86. The number of amides is 2. The fraction of sp³-hybridized carbons (Fsp3) is 0.357. The van der Waals surface area contributed by atoms with Crippen molar-refractivity contribution in [2.45, 2.75) is 20.3 Å². The van der Waals surface area contributed by atoms with E-state index in [-0.39, 0.29) is 18.4 Å². The average Bonchev–Trinajstić information content (AvgIpc) is 2.61. The number of aldehydes is 1. The predicted molar refractivity (Wildman–Crippen MR) is 66.3 cm³/mol. The SMILES string of the molecule is CC(C)(C=O)CCN1C(=O)c2ccccc2C1=O. The quantitative estimate of drug-likeness (QED) is 0.601. The highest BCUT2D eigenvalue weighted by Gasteiger charge is 2.35. The van der Waals surface area contributed by atoms with Crippen LogP contribution in [-0.2, 0) is 4.79 Å². The zero-order chi connectivity index (χ0) is 13.3. The molecule has 1 aliphatic rings. The number of carbonyl (C=O) groups is 3. The van der Waals surface area contributed by atoms with E-state index < -0.39 is 5.41 Å². The van der Waals surface area contributed by atoms with Crippen LogP contribution in [0.2, 0.25) is 0 Å². The largest absolute Gasteiger partial charge is 0.303 e. The summed E-state index contributed by atoms with van der Waals surface area (Å²) in [6, 6.07) is 6.78. The van der Waals surface area contributed by atoms with E-state index in [0.717, 1.165) is 6.29 Å². The smallest absolute Gasteiger partial charge is 0.261 e. The third kappa shape index (κ3) is 2.06. The maximum Gasteiger partial charge on any atom is 0.261 e. The molecule has 94 valence electrons. The van der Waals surface area contributed by atoms with Gasteiger partial charge in [0.15, 0.2) is 0 Å². The van der Waals surface area contributed by atoms with Gasteiger partial charge in [-0.1, -0.05) is 26.0 Å². The van der Waals surface area contributed by atoms with Gasteiger partial charge in [-0.25, -0.2) is 0 Å². The minimum absolute atomic E-state index is 0.266. The van der Waals surface area contributed by atoms with Crippen LogP contribution in [0.25, 0.3) is 0 Å². The van der Waals surface area contributed by atoms with Crippen molar-refractivity contribution in [3.63, 3.8) is 0 Å². The van der Waals surface area contributed by atoms with E-state index in [1.807, 2.05) is 0 Å². The summed E-state index contributed by atoms with van der Waals surface area (Å²) in [5.41, 5.74) is 0.382. The molecule has 0 radical (unpaired) electrons. The van der Waals surface area contributed by atoms with Crippen molar-refractivity contribution in [2.24, 2.45) is 5.41 Å². The molecular weight excluding hydrogens is 230 g/mol. The van der Waals surface area contributed by atoms with Crippen molar-refractivity contribution < 1.29 is 14.4 Å². The van der Waals surface area contributed by atoms with E-state index >= 15 is 0 Å². The molecular formula is C14H15NO3. The Morgan fingerprint density at radius 1 is 1.11 bits per heavy atom. The number of imide groups is 1. The summed E-state index contributed by atoms with van der Waals surface area (Å²) >= 11 is 0. The van der Waals surface area contributed by atoms with Gasteiger partial charge in [0.25, 0.3) is 11.8 Å². The zero-order valence-electron chi connectivity index (χ0n) is 10.5. The number of carbonyl (C=O) groups excluding carboxylic acids is 3. The molecule has 0 spiro atoms. The van der Waals surface area contributed by atoms with Crippen LogP contribution >= 0.6 is 0 Å². The first kappa shape index (κ1) is 12.5. The molecule has 2 amide bonds. The lowest BCUT2D eigenvalue weighted by molar-refractivity contribution is -0.115. The highest BCUT2D eigenvalue weighted by molar-refractivity contribution is 6.21. The minimum atomic E-state index is -0.519. The Labute approximate surface area is 106 Å². The van der Waals surface area contributed by atoms with Crippen LogP contribution in [0, 0.1) is 5.41 Å². The topological polar surface area (TPSA) is 54.5 Å². The molecule has 0 aliphatic carbocycles. The van der Waals surface area contributed by atoms with Crippen molar-refractivity contribution in [3.8, 4) is 0 Å². The molecule has 4 heteroatoms. The van der Waals surface area contributed by atoms with Crippen LogP contribution < -0.4 is 0 Å². The highest BCUT2D eigenvalue weighted by Crippen LogP contribution is 2.25. The average molecular weight is 245 g/mol. The van der Waals surface area contributed by atoms with Gasteiger partial charge < -0.3 is 4.79 Å². The van der Waals surface area contributed by atoms with Gasteiger partial charge in [0.05, 0.1) is 11.1 Å². The lowest BCUT2D eigenvalue weighted by Gasteiger charge is -2.20. The second kappa shape index (κ2) is 4.37. The molecule has 4 nitrogen and oxygen atoms in total. The maximum absolute atomic E-state index is 12.0. The lowest BCUT2D eigenvalue weighted by Crippen LogP contribution is -2.33. The van der Waals surface area contributed by atoms with Crippen LogP contribution in [0.3, 0.4) is 0 Å². The van der Waals surface area contributed by atoms with Crippen LogP contribution in [0.1, 0.15) is 41.0 Å². The molecule has 1 aromatic rings. The normalized spacial score (nSPS) is 14.9. The lowest BCUT2D eigenvalue weighted by atomic mass is 9.91. The second-order valence-corrected chi connectivity index (χ2v) is 5.16. The van der Waals surface area contributed by atoms with Crippen molar-refractivity contribution in [1.29, 1.82) is 0 Å². The van der Waals surface area contributed by atoms with E-state index in [9.17, 15) is 14.4 Å². The molecule has 0 bridgehead atoms. The number of hydrogen-bond acceptors (Lipinski definition) is 3. The number of rotatable bonds is 4. The molecule has 0 N–H and O–H groups in total. The van der Waals surface area contributed by atoms with Gasteiger partial charge in [-0.05, 0) is 18.6 Å². The molecule has 0 saturated heterocycles.